The second-order valence-electron chi connectivity index (χ2n) is 9.60. The van der Waals surface area contributed by atoms with E-state index in [0.717, 1.165) is 6.42 Å². The average molecular weight is 360 g/mol. The first-order chi connectivity index (χ1) is 13.2. The molecule has 1 spiro atoms. The fourth-order valence-corrected chi connectivity index (χ4v) is 5.87. The van der Waals surface area contributed by atoms with Gasteiger partial charge < -0.3 is 4.74 Å². The molecule has 1 unspecified atom stereocenters. The van der Waals surface area contributed by atoms with E-state index in [0.29, 0.717) is 5.41 Å². The third-order valence-electron chi connectivity index (χ3n) is 7.79. The molecule has 0 bridgehead atoms. The Morgan fingerprint density at radius 3 is 2.41 bits per heavy atom. The normalized spacial score (nSPS) is 26.8. The number of aromatic nitrogens is 1. The zero-order valence-electron chi connectivity index (χ0n) is 16.4. The van der Waals surface area contributed by atoms with Gasteiger partial charge in [-0.1, -0.05) is 44.0 Å². The molecule has 0 N–H and O–H groups in total. The van der Waals surface area contributed by atoms with E-state index < -0.39 is 0 Å². The lowest BCUT2D eigenvalue weighted by Crippen LogP contribution is -2.24. The fraction of sp³-hybridized carbons (Fsp3) is 0.560. The van der Waals surface area contributed by atoms with Crippen LogP contribution in [0.4, 0.5) is 0 Å². The second-order valence-corrected chi connectivity index (χ2v) is 9.60. The maximum Gasteiger partial charge on any atom is 0.111 e. The molecule has 2 nitrogen and oxygen atoms in total. The smallest absolute Gasteiger partial charge is 0.111 e. The molecule has 2 aromatic rings. The Hall–Kier alpha value is -1.67. The van der Waals surface area contributed by atoms with Crippen LogP contribution in [0.25, 0.3) is 0 Å². The van der Waals surface area contributed by atoms with Crippen molar-refractivity contribution in [1.82, 2.24) is 4.98 Å². The van der Waals surface area contributed by atoms with Gasteiger partial charge in [0.05, 0.1) is 5.60 Å². The first-order valence-electron chi connectivity index (χ1n) is 11.0. The summed E-state index contributed by atoms with van der Waals surface area (Å²) >= 11 is 0. The predicted octanol–water partition coefficient (Wildman–Crippen LogP) is 5.90. The van der Waals surface area contributed by atoms with E-state index in [1.54, 1.807) is 11.1 Å². The summed E-state index contributed by atoms with van der Waals surface area (Å²) in [5, 5.41) is 0. The average Bonchev–Trinajstić information content (AvgIpc) is 3.16. The molecule has 4 aliphatic rings. The SMILES string of the molecule is CC1(c2ccc(C3OC4(CCCC4)c4c3cnc3c4CCCC3)cc2)CC1. The number of fused-ring (bicyclic) bond motifs is 4. The van der Waals surface area contributed by atoms with Crippen LogP contribution in [0.15, 0.2) is 30.5 Å². The monoisotopic (exact) mass is 359 g/mol. The molecule has 27 heavy (non-hydrogen) atoms. The van der Waals surface area contributed by atoms with E-state index in [-0.39, 0.29) is 11.7 Å². The molecule has 2 heteroatoms. The molecule has 0 saturated heterocycles. The minimum absolute atomic E-state index is 0.0362. The second kappa shape index (κ2) is 5.67. The summed E-state index contributed by atoms with van der Waals surface area (Å²) in [7, 11) is 0. The molecular weight excluding hydrogens is 330 g/mol. The predicted molar refractivity (Wildman–Crippen MR) is 107 cm³/mol. The maximum absolute atomic E-state index is 6.93. The molecule has 0 amide bonds. The number of pyridine rings is 1. The molecule has 2 fully saturated rings. The van der Waals surface area contributed by atoms with Crippen molar-refractivity contribution in [2.45, 2.75) is 88.3 Å². The summed E-state index contributed by atoms with van der Waals surface area (Å²) in [6.07, 6.45) is 14.8. The Labute approximate surface area is 162 Å². The van der Waals surface area contributed by atoms with Gasteiger partial charge in [-0.25, -0.2) is 0 Å². The van der Waals surface area contributed by atoms with Crippen LogP contribution in [-0.2, 0) is 28.6 Å². The van der Waals surface area contributed by atoms with Crippen LogP contribution in [0.1, 0.15) is 97.9 Å². The molecule has 2 saturated carbocycles. The highest BCUT2D eigenvalue weighted by atomic mass is 16.5. The number of rotatable bonds is 2. The summed E-state index contributed by atoms with van der Waals surface area (Å²) < 4.78 is 6.93. The number of benzene rings is 1. The van der Waals surface area contributed by atoms with Gasteiger partial charge in [0.1, 0.15) is 6.10 Å². The van der Waals surface area contributed by atoms with E-state index in [1.165, 1.54) is 80.2 Å². The van der Waals surface area contributed by atoms with Crippen LogP contribution in [0.2, 0.25) is 0 Å². The van der Waals surface area contributed by atoms with Crippen molar-refractivity contribution in [3.8, 4) is 0 Å². The molecule has 1 aliphatic heterocycles. The van der Waals surface area contributed by atoms with Crippen molar-refractivity contribution in [3.63, 3.8) is 0 Å². The van der Waals surface area contributed by atoms with Crippen molar-refractivity contribution in [1.29, 1.82) is 0 Å². The minimum Gasteiger partial charge on any atom is -0.358 e. The molecule has 1 aromatic carbocycles. The van der Waals surface area contributed by atoms with Crippen LogP contribution in [0, 0.1) is 0 Å². The van der Waals surface area contributed by atoms with Gasteiger partial charge in [-0.3, -0.25) is 4.98 Å². The quantitative estimate of drug-likeness (QED) is 0.666. The van der Waals surface area contributed by atoms with Crippen molar-refractivity contribution < 1.29 is 4.74 Å². The van der Waals surface area contributed by atoms with Gasteiger partial charge in [0.15, 0.2) is 0 Å². The molecule has 0 radical (unpaired) electrons. The van der Waals surface area contributed by atoms with Gasteiger partial charge in [-0.05, 0) is 79.0 Å². The van der Waals surface area contributed by atoms with Crippen LogP contribution < -0.4 is 0 Å². The van der Waals surface area contributed by atoms with Crippen molar-refractivity contribution >= 4 is 0 Å². The summed E-state index contributed by atoms with van der Waals surface area (Å²) in [5.41, 5.74) is 9.01. The summed E-state index contributed by atoms with van der Waals surface area (Å²) in [4.78, 5) is 4.91. The lowest BCUT2D eigenvalue weighted by molar-refractivity contribution is -0.0567. The lowest BCUT2D eigenvalue weighted by Gasteiger charge is -2.29. The van der Waals surface area contributed by atoms with Crippen LogP contribution in [0.3, 0.4) is 0 Å². The van der Waals surface area contributed by atoms with Gasteiger partial charge >= 0.3 is 0 Å². The number of nitrogens with zero attached hydrogens (tertiary/aromatic N) is 1. The summed E-state index contributed by atoms with van der Waals surface area (Å²) in [5.74, 6) is 0. The Morgan fingerprint density at radius 2 is 1.67 bits per heavy atom. The Bertz CT molecular complexity index is 887. The van der Waals surface area contributed by atoms with E-state index in [4.69, 9.17) is 9.72 Å². The maximum atomic E-state index is 6.93. The van der Waals surface area contributed by atoms with Crippen molar-refractivity contribution in [2.75, 3.05) is 0 Å². The molecule has 6 rings (SSSR count). The number of hydrogen-bond acceptors (Lipinski definition) is 2. The highest BCUT2D eigenvalue weighted by molar-refractivity contribution is 5.50. The summed E-state index contributed by atoms with van der Waals surface area (Å²) in [6, 6.07) is 9.33. The number of hydrogen-bond donors (Lipinski definition) is 0. The number of aryl methyl sites for hydroxylation is 1. The van der Waals surface area contributed by atoms with Gasteiger partial charge in [-0.2, -0.15) is 0 Å². The molecule has 3 aliphatic carbocycles. The largest absolute Gasteiger partial charge is 0.358 e. The highest BCUT2D eigenvalue weighted by Crippen LogP contribution is 2.56. The van der Waals surface area contributed by atoms with Gasteiger partial charge in [0.2, 0.25) is 0 Å². The summed E-state index contributed by atoms with van der Waals surface area (Å²) in [6.45, 7) is 2.38. The van der Waals surface area contributed by atoms with E-state index in [2.05, 4.69) is 37.4 Å². The van der Waals surface area contributed by atoms with E-state index in [1.807, 2.05) is 0 Å². The molecule has 1 aromatic heterocycles. The minimum atomic E-state index is -0.0362. The molecule has 1 atom stereocenters. The fourth-order valence-electron chi connectivity index (χ4n) is 5.87. The van der Waals surface area contributed by atoms with Crippen molar-refractivity contribution in [3.05, 3.63) is 64.0 Å². The third-order valence-corrected chi connectivity index (χ3v) is 7.79. The Morgan fingerprint density at radius 1 is 0.926 bits per heavy atom. The molecule has 140 valence electrons. The third kappa shape index (κ3) is 2.38. The van der Waals surface area contributed by atoms with E-state index in [9.17, 15) is 0 Å². The van der Waals surface area contributed by atoms with Crippen LogP contribution >= 0.6 is 0 Å². The van der Waals surface area contributed by atoms with Crippen LogP contribution in [-0.4, -0.2) is 4.98 Å². The van der Waals surface area contributed by atoms with Gasteiger partial charge in [-0.15, -0.1) is 0 Å². The lowest BCUT2D eigenvalue weighted by atomic mass is 9.81. The zero-order valence-corrected chi connectivity index (χ0v) is 16.4. The standard InChI is InChI=1S/C25H29NO/c1-24(14-15-24)18-10-8-17(9-11-18)23-20-16-26-21-7-3-2-6-19(21)22(20)25(27-23)12-4-5-13-25/h8-11,16,23H,2-7,12-15H2,1H3. The molecular formula is C25H29NO. The topological polar surface area (TPSA) is 22.1 Å². The Kier molecular flexibility index (Phi) is 3.42. The Balaban J connectivity index is 1.45. The van der Waals surface area contributed by atoms with E-state index >= 15 is 0 Å². The van der Waals surface area contributed by atoms with Gasteiger partial charge in [0, 0.05) is 17.5 Å². The zero-order chi connectivity index (χ0) is 18.1. The first-order valence-corrected chi connectivity index (χ1v) is 11.0. The van der Waals surface area contributed by atoms with Crippen molar-refractivity contribution in [2.24, 2.45) is 0 Å². The number of ether oxygens (including phenoxy) is 1. The van der Waals surface area contributed by atoms with Gasteiger partial charge in [0.25, 0.3) is 0 Å². The van der Waals surface area contributed by atoms with Crippen LogP contribution in [0.5, 0.6) is 0 Å². The highest BCUT2D eigenvalue weighted by Gasteiger charge is 2.49. The molecule has 2 heterocycles. The first kappa shape index (κ1) is 16.3.